The van der Waals surface area contributed by atoms with Crippen LogP contribution >= 0.6 is 11.6 Å². The molecule has 0 spiro atoms. The van der Waals surface area contributed by atoms with E-state index in [9.17, 15) is 18.0 Å². The van der Waals surface area contributed by atoms with Crippen LogP contribution in [0.4, 0.5) is 5.69 Å². The molecule has 5 rings (SSSR count). The first-order valence-electron chi connectivity index (χ1n) is 15.3. The van der Waals surface area contributed by atoms with Crippen LogP contribution in [0.5, 0.6) is 0 Å². The zero-order valence-electron chi connectivity index (χ0n) is 25.1. The van der Waals surface area contributed by atoms with Gasteiger partial charge in [0.15, 0.2) is 0 Å². The Morgan fingerprint density at radius 1 is 0.756 bits per heavy atom. The summed E-state index contributed by atoms with van der Waals surface area (Å²) in [5, 5.41) is 3.78. The number of halogens is 1. The summed E-state index contributed by atoms with van der Waals surface area (Å²) in [7, 11) is -4.12. The van der Waals surface area contributed by atoms with Crippen molar-refractivity contribution in [3.8, 4) is 0 Å². The number of sulfonamides is 1. The summed E-state index contributed by atoms with van der Waals surface area (Å²) in [5.41, 5.74) is 2.02. The Morgan fingerprint density at radius 3 is 1.96 bits per heavy atom. The third-order valence-electron chi connectivity index (χ3n) is 8.14. The molecule has 0 aliphatic heterocycles. The number of hydrogen-bond donors (Lipinski definition) is 1. The predicted molar refractivity (Wildman–Crippen MR) is 178 cm³/mol. The number of amides is 2. The highest BCUT2D eigenvalue weighted by Crippen LogP contribution is 2.25. The molecule has 0 heterocycles. The minimum absolute atomic E-state index is 0.0382. The number of nitrogens with zero attached hydrogens (tertiary/aromatic N) is 2. The second kappa shape index (κ2) is 15.2. The van der Waals surface area contributed by atoms with Crippen LogP contribution in [-0.4, -0.2) is 43.8 Å². The molecule has 1 aliphatic carbocycles. The van der Waals surface area contributed by atoms with Crippen molar-refractivity contribution in [2.45, 2.75) is 62.0 Å². The van der Waals surface area contributed by atoms with E-state index in [1.807, 2.05) is 42.5 Å². The molecule has 1 atom stereocenters. The van der Waals surface area contributed by atoms with Gasteiger partial charge < -0.3 is 10.2 Å². The summed E-state index contributed by atoms with van der Waals surface area (Å²) < 4.78 is 29.1. The topological polar surface area (TPSA) is 86.8 Å². The Morgan fingerprint density at radius 2 is 1.33 bits per heavy atom. The van der Waals surface area contributed by atoms with E-state index >= 15 is 0 Å². The molecule has 9 heteroatoms. The summed E-state index contributed by atoms with van der Waals surface area (Å²) in [6.45, 7) is -0.392. The Hall–Kier alpha value is -4.14. The first kappa shape index (κ1) is 32.3. The lowest BCUT2D eigenvalue weighted by molar-refractivity contribution is -0.140. The lowest BCUT2D eigenvalue weighted by Gasteiger charge is -2.35. The molecule has 0 aromatic heterocycles. The van der Waals surface area contributed by atoms with Gasteiger partial charge in [-0.25, -0.2) is 8.42 Å². The van der Waals surface area contributed by atoms with Crippen LogP contribution in [0.1, 0.15) is 43.2 Å². The van der Waals surface area contributed by atoms with Crippen molar-refractivity contribution < 1.29 is 18.0 Å². The molecule has 1 N–H and O–H groups in total. The van der Waals surface area contributed by atoms with Gasteiger partial charge in [0, 0.05) is 24.0 Å². The third kappa shape index (κ3) is 8.53. The molecule has 1 saturated carbocycles. The average molecular weight is 644 g/mol. The number of anilines is 1. The Kier molecular flexibility index (Phi) is 10.9. The van der Waals surface area contributed by atoms with Crippen LogP contribution in [0.2, 0.25) is 5.02 Å². The van der Waals surface area contributed by atoms with E-state index < -0.39 is 28.5 Å². The second-order valence-corrected chi connectivity index (χ2v) is 13.7. The van der Waals surface area contributed by atoms with Crippen LogP contribution in [0, 0.1) is 0 Å². The van der Waals surface area contributed by atoms with Crippen LogP contribution in [0.3, 0.4) is 0 Å². The molecule has 7 nitrogen and oxygen atoms in total. The van der Waals surface area contributed by atoms with Gasteiger partial charge in [-0.05, 0) is 60.4 Å². The predicted octanol–water partition coefficient (Wildman–Crippen LogP) is 6.62. The van der Waals surface area contributed by atoms with E-state index in [2.05, 4.69) is 5.32 Å². The number of benzene rings is 4. The lowest BCUT2D eigenvalue weighted by atomic mass is 9.94. The normalized spacial score (nSPS) is 14.3. The van der Waals surface area contributed by atoms with Crippen LogP contribution in [0.25, 0.3) is 0 Å². The summed E-state index contributed by atoms with van der Waals surface area (Å²) in [6.07, 6.45) is 5.30. The average Bonchev–Trinajstić information content (AvgIpc) is 3.07. The Labute approximate surface area is 270 Å². The van der Waals surface area contributed by atoms with Gasteiger partial charge in [-0.3, -0.25) is 13.9 Å². The van der Waals surface area contributed by atoms with Gasteiger partial charge in [-0.1, -0.05) is 110 Å². The van der Waals surface area contributed by atoms with Crippen molar-refractivity contribution in [1.82, 2.24) is 10.2 Å². The maximum Gasteiger partial charge on any atom is 0.264 e. The largest absolute Gasteiger partial charge is 0.352 e. The first-order chi connectivity index (χ1) is 21.8. The van der Waals surface area contributed by atoms with E-state index in [1.54, 1.807) is 60.7 Å². The smallest absolute Gasteiger partial charge is 0.264 e. The van der Waals surface area contributed by atoms with Crippen molar-refractivity contribution >= 4 is 39.1 Å². The van der Waals surface area contributed by atoms with Gasteiger partial charge in [0.1, 0.15) is 12.6 Å². The van der Waals surface area contributed by atoms with Crippen molar-refractivity contribution in [2.24, 2.45) is 0 Å². The number of carbonyl (C=O) groups is 2. The second-order valence-electron chi connectivity index (χ2n) is 11.4. The molecule has 1 aliphatic rings. The number of hydrogen-bond acceptors (Lipinski definition) is 4. The monoisotopic (exact) mass is 643 g/mol. The minimum Gasteiger partial charge on any atom is -0.352 e. The van der Waals surface area contributed by atoms with E-state index in [4.69, 9.17) is 11.6 Å². The maximum absolute atomic E-state index is 14.5. The molecule has 234 valence electrons. The van der Waals surface area contributed by atoms with Crippen LogP contribution in [-0.2, 0) is 32.6 Å². The van der Waals surface area contributed by atoms with E-state index in [-0.39, 0.29) is 29.8 Å². The fraction of sp³-hybridized carbons (Fsp3) is 0.278. The fourth-order valence-electron chi connectivity index (χ4n) is 5.73. The van der Waals surface area contributed by atoms with Gasteiger partial charge in [0.25, 0.3) is 10.0 Å². The molecule has 4 aromatic carbocycles. The molecule has 0 radical (unpaired) electrons. The number of rotatable bonds is 12. The minimum atomic E-state index is -4.12. The highest BCUT2D eigenvalue weighted by molar-refractivity contribution is 7.92. The number of carbonyl (C=O) groups excluding carboxylic acids is 2. The van der Waals surface area contributed by atoms with Gasteiger partial charge in [-0.15, -0.1) is 0 Å². The highest BCUT2D eigenvalue weighted by Gasteiger charge is 2.35. The SMILES string of the molecule is O=C(NC1CCCCC1)[C@@H](Cc1ccccc1)N(Cc1ccc(Cl)cc1)C(=O)CN(c1ccccc1)S(=O)(=O)c1ccccc1. The third-order valence-corrected chi connectivity index (χ3v) is 10.2. The van der Waals surface area contributed by atoms with Gasteiger partial charge in [-0.2, -0.15) is 0 Å². The van der Waals surface area contributed by atoms with Crippen molar-refractivity contribution in [1.29, 1.82) is 0 Å². The number of para-hydroxylation sites is 1. The summed E-state index contributed by atoms with van der Waals surface area (Å²) in [4.78, 5) is 30.2. The first-order valence-corrected chi connectivity index (χ1v) is 17.1. The molecule has 0 saturated heterocycles. The van der Waals surface area contributed by atoms with Crippen LogP contribution < -0.4 is 9.62 Å². The maximum atomic E-state index is 14.5. The zero-order chi connectivity index (χ0) is 31.6. The van der Waals surface area contributed by atoms with Gasteiger partial charge >= 0.3 is 0 Å². The van der Waals surface area contributed by atoms with Crippen LogP contribution in [0.15, 0.2) is 120 Å². The molecule has 4 aromatic rings. The molecule has 0 bridgehead atoms. The lowest BCUT2D eigenvalue weighted by Crippen LogP contribution is -2.55. The van der Waals surface area contributed by atoms with Crippen molar-refractivity contribution in [3.05, 3.63) is 131 Å². The molecular formula is C36H38ClN3O4S. The van der Waals surface area contributed by atoms with Crippen molar-refractivity contribution in [2.75, 3.05) is 10.8 Å². The Balaban J connectivity index is 1.54. The summed E-state index contributed by atoms with van der Waals surface area (Å²) in [6, 6.07) is 32.5. The van der Waals surface area contributed by atoms with E-state index in [1.165, 1.54) is 17.0 Å². The molecule has 1 fully saturated rings. The Bertz CT molecular complexity index is 1650. The van der Waals surface area contributed by atoms with Gasteiger partial charge in [0.05, 0.1) is 10.6 Å². The fourth-order valence-corrected chi connectivity index (χ4v) is 7.29. The standard InChI is InChI=1S/C36H38ClN3O4S/c37-30-23-21-29(22-24-30)26-39(34(25-28-13-5-1-6-14-28)36(42)38-31-15-7-2-8-16-31)35(41)27-40(32-17-9-3-10-18-32)45(43,44)33-19-11-4-12-20-33/h1,3-6,9-14,17-24,31,34H,2,7-8,15-16,25-27H2,(H,38,42)/t34-/m1/s1. The van der Waals surface area contributed by atoms with E-state index in [0.29, 0.717) is 10.7 Å². The molecular weight excluding hydrogens is 606 g/mol. The molecule has 45 heavy (non-hydrogen) atoms. The zero-order valence-corrected chi connectivity index (χ0v) is 26.7. The molecule has 0 unspecified atom stereocenters. The summed E-state index contributed by atoms with van der Waals surface area (Å²) in [5.74, 6) is -0.738. The summed E-state index contributed by atoms with van der Waals surface area (Å²) >= 11 is 6.17. The van der Waals surface area contributed by atoms with E-state index in [0.717, 1.165) is 47.5 Å². The molecule has 2 amide bonds. The number of nitrogens with one attached hydrogen (secondary N) is 1. The van der Waals surface area contributed by atoms with Gasteiger partial charge in [0.2, 0.25) is 11.8 Å². The highest BCUT2D eigenvalue weighted by atomic mass is 35.5. The van der Waals surface area contributed by atoms with Crippen molar-refractivity contribution in [3.63, 3.8) is 0 Å². The quantitative estimate of drug-likeness (QED) is 0.188.